The van der Waals surface area contributed by atoms with Crippen molar-refractivity contribution in [1.29, 1.82) is 0 Å². The molecule has 0 saturated carbocycles. The molecular formula is C99H67N10+. The van der Waals surface area contributed by atoms with Crippen LogP contribution in [-0.2, 0) is 16.2 Å². The predicted molar refractivity (Wildman–Crippen MR) is 438 cm³/mol. The summed E-state index contributed by atoms with van der Waals surface area (Å²) in [5.41, 5.74) is 21.8. The molecular weight excluding hydrogens is 1330 g/mol. The van der Waals surface area contributed by atoms with E-state index in [-0.39, 0.29) is 0 Å². The normalized spacial score (nSPS) is 13.9. The van der Waals surface area contributed by atoms with E-state index >= 15 is 0 Å². The van der Waals surface area contributed by atoms with Crippen LogP contribution < -0.4 is 24.4 Å². The number of para-hydroxylation sites is 6. The summed E-state index contributed by atoms with van der Waals surface area (Å²) in [5.74, 6) is 2.87. The van der Waals surface area contributed by atoms with Crippen LogP contribution in [0.1, 0.15) is 61.7 Å². The highest BCUT2D eigenvalue weighted by Crippen LogP contribution is 2.60. The molecule has 0 atom stereocenters. The largest absolute Gasteiger partial charge is 0.334 e. The molecule has 15 aromatic carbocycles. The van der Waals surface area contributed by atoms with Gasteiger partial charge < -0.3 is 14.7 Å². The third kappa shape index (κ3) is 9.61. The van der Waals surface area contributed by atoms with Gasteiger partial charge in [0.05, 0.1) is 0 Å². The van der Waals surface area contributed by atoms with E-state index in [1.54, 1.807) is 0 Å². The van der Waals surface area contributed by atoms with Crippen molar-refractivity contribution in [3.63, 3.8) is 0 Å². The Kier molecular flexibility index (Phi) is 14.7. The summed E-state index contributed by atoms with van der Waals surface area (Å²) in [6.45, 7) is 0. The minimum atomic E-state index is -1.14. The number of nitrogens with one attached hydrogen (secondary N) is 1. The minimum absolute atomic E-state index is 0.372. The van der Waals surface area contributed by atoms with E-state index in [1.165, 1.54) is 0 Å². The van der Waals surface area contributed by atoms with Crippen LogP contribution in [0.3, 0.4) is 0 Å². The van der Waals surface area contributed by atoms with Crippen LogP contribution in [0, 0.1) is 0 Å². The SMILES string of the molecule is c1ccc(N(c2ccccc2)c2ccc(C3(C4=Nc5nc(C6(c7ccc(N(c8ccccc8)c8ccccc8)cc7)c7ccccc7-c7ccccc76)nc6nc(C7(c8ccc(N(c9ccccc9)c9ccccc9)cc8)c8ccccc8-c8ccccc87)nc([n+]56)N4)c4ccccc4-c4ccccc43)cc2)cc1. The standard InChI is InChI=1S/C99H66N10/c1-7-31-70(32-8-1)106(71-33-9-2-10-34-71)76-61-55-67(56-62-76)97(85-49-25-19-43-79(85)80-44-20-26-50-86(80)97)91-100-94-102-92(98(87-51-27-21-45-81(87)82-46-22-28-52-88(82)98)68-57-63-77(64-58-68)107(72-35-11-3-12-36-72)73-37-13-4-14-38-73)104-96-105-93(103-95(101-91)109(94)96)99(89-53-29-23-47-83(89)84-48-24-30-54-90(84)99)69-59-65-78(66-60-69)108(74-39-15-5-16-40-74)75-41-17-6-18-42-75/h1-66H/p+1. The van der Waals surface area contributed by atoms with Gasteiger partial charge in [-0.1, -0.05) is 291 Å². The number of hydrogen-bond acceptors (Lipinski definition) is 9. The van der Waals surface area contributed by atoms with E-state index in [0.29, 0.717) is 35.2 Å². The number of anilines is 10. The lowest BCUT2D eigenvalue weighted by Crippen LogP contribution is -2.48. The molecule has 2 aromatic heterocycles. The van der Waals surface area contributed by atoms with Crippen molar-refractivity contribution in [2.75, 3.05) is 20.0 Å². The molecule has 0 fully saturated rings. The molecule has 0 saturated heterocycles. The Morgan fingerprint density at radius 1 is 0.220 bits per heavy atom. The van der Waals surface area contributed by atoms with Crippen LogP contribution in [0.5, 0.6) is 0 Å². The molecule has 0 amide bonds. The summed E-state index contributed by atoms with van der Waals surface area (Å²) in [7, 11) is 0. The topological polar surface area (TPSA) is 89.8 Å². The van der Waals surface area contributed by atoms with Gasteiger partial charge in [-0.05, 0) is 193 Å². The molecule has 4 aliphatic rings. The highest BCUT2D eigenvalue weighted by Gasteiger charge is 2.56. The number of benzene rings is 15. The number of amidine groups is 1. The molecule has 3 heterocycles. The van der Waals surface area contributed by atoms with Crippen LogP contribution in [0.4, 0.5) is 63.1 Å². The van der Waals surface area contributed by atoms with Gasteiger partial charge in [-0.2, -0.15) is 4.40 Å². The summed E-state index contributed by atoms with van der Waals surface area (Å²) in [4.78, 5) is 37.2. The summed E-state index contributed by atoms with van der Waals surface area (Å²) in [6, 6.07) is 143. The van der Waals surface area contributed by atoms with Crippen LogP contribution in [0.2, 0.25) is 0 Å². The average Bonchev–Trinajstić information content (AvgIpc) is 1.62. The molecule has 0 bridgehead atoms. The molecule has 512 valence electrons. The second-order valence-corrected chi connectivity index (χ2v) is 28.1. The van der Waals surface area contributed by atoms with E-state index in [1.807, 2.05) is 4.40 Å². The Hall–Kier alpha value is -14.5. The van der Waals surface area contributed by atoms with Crippen molar-refractivity contribution >= 4 is 74.7 Å². The number of aromatic nitrogens is 5. The lowest BCUT2D eigenvalue weighted by Gasteiger charge is -2.35. The zero-order valence-electron chi connectivity index (χ0n) is 59.1. The highest BCUT2D eigenvalue weighted by molar-refractivity contribution is 6.13. The van der Waals surface area contributed by atoms with Gasteiger partial charge >= 0.3 is 17.7 Å². The molecule has 0 unspecified atom stereocenters. The van der Waals surface area contributed by atoms with Crippen LogP contribution in [0.15, 0.2) is 405 Å². The second-order valence-electron chi connectivity index (χ2n) is 28.1. The van der Waals surface area contributed by atoms with Gasteiger partial charge in [0.2, 0.25) is 11.6 Å². The van der Waals surface area contributed by atoms with Crippen LogP contribution in [-0.4, -0.2) is 25.8 Å². The summed E-state index contributed by atoms with van der Waals surface area (Å²) >= 11 is 0. The molecule has 0 spiro atoms. The molecule has 0 radical (unpaired) electrons. The van der Waals surface area contributed by atoms with Gasteiger partial charge in [-0.25, -0.2) is 0 Å². The molecule has 10 heteroatoms. The number of aliphatic imine (C=N–C) groups is 1. The zero-order valence-corrected chi connectivity index (χ0v) is 59.1. The molecule has 1 aliphatic heterocycles. The number of fused-ring (bicyclic) bond motifs is 9. The van der Waals surface area contributed by atoms with Crippen molar-refractivity contribution in [2.24, 2.45) is 4.99 Å². The van der Waals surface area contributed by atoms with Gasteiger partial charge in [-0.3, -0.25) is 5.32 Å². The fourth-order valence-corrected chi connectivity index (χ4v) is 18.0. The number of rotatable bonds is 15. The first-order valence-electron chi connectivity index (χ1n) is 37.1. The average molecular weight is 1400 g/mol. The summed E-state index contributed by atoms with van der Waals surface area (Å²) in [5, 5.41) is 4.12. The summed E-state index contributed by atoms with van der Waals surface area (Å²) in [6.07, 6.45) is 0. The van der Waals surface area contributed by atoms with Crippen molar-refractivity contribution in [3.8, 4) is 33.4 Å². The van der Waals surface area contributed by atoms with Crippen LogP contribution >= 0.6 is 0 Å². The Morgan fingerprint density at radius 2 is 0.450 bits per heavy atom. The zero-order chi connectivity index (χ0) is 72.0. The maximum Gasteiger partial charge on any atom is 0.334 e. The molecule has 1 N–H and O–H groups in total. The second kappa shape index (κ2) is 25.4. The van der Waals surface area contributed by atoms with Crippen molar-refractivity contribution in [1.82, 2.24) is 19.9 Å². The van der Waals surface area contributed by atoms with Crippen molar-refractivity contribution < 1.29 is 4.40 Å². The molecule has 3 aliphatic carbocycles. The van der Waals surface area contributed by atoms with E-state index in [0.717, 1.165) is 135 Å². The number of hydrogen-bond donors (Lipinski definition) is 1. The monoisotopic (exact) mass is 1400 g/mol. The Morgan fingerprint density at radius 3 is 0.734 bits per heavy atom. The van der Waals surface area contributed by atoms with Crippen LogP contribution in [0.25, 0.3) is 39.2 Å². The molecule has 109 heavy (non-hydrogen) atoms. The van der Waals surface area contributed by atoms with Gasteiger partial charge in [0.15, 0.2) is 5.84 Å². The van der Waals surface area contributed by atoms with Crippen molar-refractivity contribution in [3.05, 3.63) is 462 Å². The first-order chi connectivity index (χ1) is 54.1. The van der Waals surface area contributed by atoms with Gasteiger partial charge in [0.25, 0.3) is 0 Å². The molecule has 21 rings (SSSR count). The van der Waals surface area contributed by atoms with E-state index in [9.17, 15) is 0 Å². The van der Waals surface area contributed by atoms with E-state index < -0.39 is 16.2 Å². The highest BCUT2D eigenvalue weighted by atomic mass is 15.4. The quantitative estimate of drug-likeness (QED) is 0.102. The van der Waals surface area contributed by atoms with Gasteiger partial charge in [-0.15, -0.1) is 24.9 Å². The maximum absolute atomic E-state index is 6.08. The molecule has 17 aromatic rings. The van der Waals surface area contributed by atoms with E-state index in [2.05, 4.69) is 420 Å². The first kappa shape index (κ1) is 63.0. The minimum Gasteiger partial charge on any atom is -0.311 e. The Labute approximate surface area is 631 Å². The third-order valence-electron chi connectivity index (χ3n) is 22.5. The Bertz CT molecular complexity index is 6120. The first-order valence-corrected chi connectivity index (χ1v) is 37.1. The lowest BCUT2D eigenvalue weighted by atomic mass is 9.71. The predicted octanol–water partition coefficient (Wildman–Crippen LogP) is 22.6. The number of nitrogens with zero attached hydrogens (tertiary/aromatic N) is 9. The van der Waals surface area contributed by atoms with Crippen molar-refractivity contribution in [2.45, 2.75) is 16.2 Å². The smallest absolute Gasteiger partial charge is 0.311 e. The fraction of sp³-hybridized carbons (Fsp3) is 0.0303. The molecule has 10 nitrogen and oxygen atoms in total. The van der Waals surface area contributed by atoms with E-state index in [4.69, 9.17) is 24.9 Å². The van der Waals surface area contributed by atoms with Gasteiger partial charge in [0, 0.05) is 51.2 Å². The Balaban J connectivity index is 0.849. The third-order valence-corrected chi connectivity index (χ3v) is 22.5. The van der Waals surface area contributed by atoms with Gasteiger partial charge in [0.1, 0.15) is 16.2 Å². The maximum atomic E-state index is 6.08. The fourth-order valence-electron chi connectivity index (χ4n) is 18.0. The lowest BCUT2D eigenvalue weighted by molar-refractivity contribution is -0.495. The summed E-state index contributed by atoms with van der Waals surface area (Å²) < 4.78 is 1.94.